The van der Waals surface area contributed by atoms with Gasteiger partial charge in [-0.25, -0.2) is 0 Å². The van der Waals surface area contributed by atoms with Gasteiger partial charge in [-0.05, 0) is 6.92 Å². The van der Waals surface area contributed by atoms with E-state index in [-0.39, 0.29) is 18.4 Å². The fourth-order valence-electron chi connectivity index (χ4n) is 0.923. The maximum Gasteiger partial charge on any atom is 0.226 e. The number of alkyl halides is 1. The summed E-state index contributed by atoms with van der Waals surface area (Å²) in [7, 11) is 0. The Kier molecular flexibility index (Phi) is 6.11. The van der Waals surface area contributed by atoms with Crippen LogP contribution in [0.4, 0.5) is 0 Å². The van der Waals surface area contributed by atoms with Crippen LogP contribution in [0.15, 0.2) is 0 Å². The predicted molar refractivity (Wildman–Crippen MR) is 49.2 cm³/mol. The summed E-state index contributed by atoms with van der Waals surface area (Å²) in [5.74, 6) is 0.195. The van der Waals surface area contributed by atoms with Gasteiger partial charge in [-0.2, -0.15) is 0 Å². The summed E-state index contributed by atoms with van der Waals surface area (Å²) in [5.41, 5.74) is 0. The second-order valence-electron chi connectivity index (χ2n) is 2.70. The molecule has 3 nitrogen and oxygen atoms in total. The Morgan fingerprint density at radius 1 is 1.67 bits per heavy atom. The molecule has 0 aromatic heterocycles. The molecule has 0 fully saturated rings. The number of amides is 1. The third-order valence-corrected chi connectivity index (χ3v) is 2.18. The molecule has 0 bridgehead atoms. The van der Waals surface area contributed by atoms with E-state index in [9.17, 15) is 4.79 Å². The first-order chi connectivity index (χ1) is 5.67. The highest BCUT2D eigenvalue weighted by Crippen LogP contribution is 2.03. The number of nitrogens with zero attached hydrogens (tertiary/aromatic N) is 1. The molecular formula is C8H16ClNO2. The lowest BCUT2D eigenvalue weighted by Crippen LogP contribution is -2.37. The summed E-state index contributed by atoms with van der Waals surface area (Å²) in [6.45, 7) is 4.70. The average Bonchev–Trinajstić information content (AvgIpc) is 2.11. The standard InChI is InChI=1S/C8H16ClNO2/c1-3-10(4-5-11)8(12)7(2)6-9/h7,11H,3-6H2,1-2H3. The van der Waals surface area contributed by atoms with Crippen molar-refractivity contribution >= 4 is 17.5 Å². The van der Waals surface area contributed by atoms with Crippen LogP contribution < -0.4 is 0 Å². The summed E-state index contributed by atoms with van der Waals surface area (Å²) in [6, 6.07) is 0. The van der Waals surface area contributed by atoms with Gasteiger partial charge in [-0.15, -0.1) is 11.6 Å². The normalized spacial score (nSPS) is 12.7. The van der Waals surface area contributed by atoms with Crippen LogP contribution in [0.1, 0.15) is 13.8 Å². The number of aliphatic hydroxyl groups excluding tert-OH is 1. The topological polar surface area (TPSA) is 40.5 Å². The summed E-state index contributed by atoms with van der Waals surface area (Å²) in [5, 5.41) is 8.64. The van der Waals surface area contributed by atoms with Crippen molar-refractivity contribution in [2.75, 3.05) is 25.6 Å². The molecular weight excluding hydrogens is 178 g/mol. The maximum absolute atomic E-state index is 11.4. The first kappa shape index (κ1) is 11.7. The zero-order chi connectivity index (χ0) is 9.56. The summed E-state index contributed by atoms with van der Waals surface area (Å²) < 4.78 is 0. The lowest BCUT2D eigenvalue weighted by molar-refractivity contribution is -0.134. The molecule has 0 aliphatic carbocycles. The molecule has 0 rings (SSSR count). The summed E-state index contributed by atoms with van der Waals surface area (Å²) in [6.07, 6.45) is 0. The first-order valence-electron chi connectivity index (χ1n) is 4.13. The second-order valence-corrected chi connectivity index (χ2v) is 3.01. The molecule has 1 N–H and O–H groups in total. The van der Waals surface area contributed by atoms with Crippen LogP contribution >= 0.6 is 11.6 Å². The van der Waals surface area contributed by atoms with Gasteiger partial charge < -0.3 is 10.0 Å². The fraction of sp³-hybridized carbons (Fsp3) is 0.875. The smallest absolute Gasteiger partial charge is 0.226 e. The second kappa shape index (κ2) is 6.26. The van der Waals surface area contributed by atoms with Crippen molar-refractivity contribution in [2.24, 2.45) is 5.92 Å². The SMILES string of the molecule is CCN(CCO)C(=O)C(C)CCl. The number of rotatable bonds is 5. The number of aliphatic hydroxyl groups is 1. The average molecular weight is 194 g/mol. The van der Waals surface area contributed by atoms with Gasteiger partial charge in [0.25, 0.3) is 0 Å². The van der Waals surface area contributed by atoms with Gasteiger partial charge in [0.1, 0.15) is 0 Å². The Labute approximate surface area is 78.3 Å². The largest absolute Gasteiger partial charge is 0.395 e. The third kappa shape index (κ3) is 3.41. The van der Waals surface area contributed by atoms with Gasteiger partial charge in [0.2, 0.25) is 5.91 Å². The Morgan fingerprint density at radius 3 is 2.58 bits per heavy atom. The van der Waals surface area contributed by atoms with Crippen molar-refractivity contribution in [3.05, 3.63) is 0 Å². The highest BCUT2D eigenvalue weighted by atomic mass is 35.5. The van der Waals surface area contributed by atoms with E-state index >= 15 is 0 Å². The lowest BCUT2D eigenvalue weighted by Gasteiger charge is -2.22. The zero-order valence-corrected chi connectivity index (χ0v) is 8.34. The van der Waals surface area contributed by atoms with Crippen molar-refractivity contribution in [3.63, 3.8) is 0 Å². The number of carbonyl (C=O) groups excluding carboxylic acids is 1. The highest BCUT2D eigenvalue weighted by Gasteiger charge is 2.17. The van der Waals surface area contributed by atoms with Crippen LogP contribution in [-0.2, 0) is 4.79 Å². The van der Waals surface area contributed by atoms with Crippen LogP contribution in [-0.4, -0.2) is 41.5 Å². The van der Waals surface area contributed by atoms with Gasteiger partial charge in [0.05, 0.1) is 6.61 Å². The molecule has 0 aliphatic heterocycles. The van der Waals surface area contributed by atoms with Crippen LogP contribution in [0, 0.1) is 5.92 Å². The Balaban J connectivity index is 4.01. The van der Waals surface area contributed by atoms with E-state index in [2.05, 4.69) is 0 Å². The summed E-state index contributed by atoms with van der Waals surface area (Å²) >= 11 is 5.54. The minimum atomic E-state index is -0.154. The monoisotopic (exact) mass is 193 g/mol. The van der Waals surface area contributed by atoms with E-state index in [0.29, 0.717) is 19.0 Å². The van der Waals surface area contributed by atoms with Gasteiger partial charge in [-0.1, -0.05) is 6.92 Å². The highest BCUT2D eigenvalue weighted by molar-refractivity contribution is 6.19. The molecule has 0 aromatic carbocycles. The molecule has 4 heteroatoms. The van der Waals surface area contributed by atoms with Crippen LogP contribution in [0.3, 0.4) is 0 Å². The van der Waals surface area contributed by atoms with Crippen molar-refractivity contribution in [1.29, 1.82) is 0 Å². The molecule has 1 atom stereocenters. The van der Waals surface area contributed by atoms with Crippen LogP contribution in [0.25, 0.3) is 0 Å². The van der Waals surface area contributed by atoms with Gasteiger partial charge in [0.15, 0.2) is 0 Å². The molecule has 1 amide bonds. The lowest BCUT2D eigenvalue weighted by atomic mass is 10.2. The Bertz CT molecular complexity index is 141. The number of carbonyl (C=O) groups is 1. The Hall–Kier alpha value is -0.280. The van der Waals surface area contributed by atoms with Crippen molar-refractivity contribution in [2.45, 2.75) is 13.8 Å². The third-order valence-electron chi connectivity index (χ3n) is 1.72. The number of hydrogen-bond donors (Lipinski definition) is 1. The molecule has 12 heavy (non-hydrogen) atoms. The predicted octanol–water partition coefficient (Wildman–Crippen LogP) is 0.702. The maximum atomic E-state index is 11.4. The van der Waals surface area contributed by atoms with Gasteiger partial charge >= 0.3 is 0 Å². The summed E-state index contributed by atoms with van der Waals surface area (Å²) in [4.78, 5) is 13.0. The van der Waals surface area contributed by atoms with Gasteiger partial charge in [0, 0.05) is 24.9 Å². The molecule has 1 unspecified atom stereocenters. The van der Waals surface area contributed by atoms with E-state index in [0.717, 1.165) is 0 Å². The molecule has 0 radical (unpaired) electrons. The molecule has 0 saturated heterocycles. The van der Waals surface area contributed by atoms with E-state index in [1.807, 2.05) is 6.92 Å². The minimum Gasteiger partial charge on any atom is -0.395 e. The van der Waals surface area contributed by atoms with Crippen molar-refractivity contribution in [1.82, 2.24) is 4.90 Å². The van der Waals surface area contributed by atoms with Crippen LogP contribution in [0.2, 0.25) is 0 Å². The Morgan fingerprint density at radius 2 is 2.25 bits per heavy atom. The van der Waals surface area contributed by atoms with Crippen LogP contribution in [0.5, 0.6) is 0 Å². The molecule has 0 aromatic rings. The van der Waals surface area contributed by atoms with E-state index < -0.39 is 0 Å². The molecule has 0 aliphatic rings. The first-order valence-corrected chi connectivity index (χ1v) is 4.66. The molecule has 72 valence electrons. The molecule has 0 spiro atoms. The fourth-order valence-corrected chi connectivity index (χ4v) is 1.05. The zero-order valence-electron chi connectivity index (χ0n) is 7.59. The molecule has 0 saturated carbocycles. The van der Waals surface area contributed by atoms with E-state index in [1.165, 1.54) is 0 Å². The van der Waals surface area contributed by atoms with E-state index in [4.69, 9.17) is 16.7 Å². The van der Waals surface area contributed by atoms with Crippen molar-refractivity contribution < 1.29 is 9.90 Å². The van der Waals surface area contributed by atoms with Gasteiger partial charge in [-0.3, -0.25) is 4.79 Å². The number of hydrogen-bond acceptors (Lipinski definition) is 2. The van der Waals surface area contributed by atoms with Crippen molar-refractivity contribution in [3.8, 4) is 0 Å². The minimum absolute atomic E-state index is 0.00852. The molecule has 0 heterocycles. The number of likely N-dealkylation sites (N-methyl/N-ethyl adjacent to an activating group) is 1. The number of halogens is 1. The quantitative estimate of drug-likeness (QED) is 0.654. The van der Waals surface area contributed by atoms with E-state index in [1.54, 1.807) is 11.8 Å².